The molecule has 0 N–H and O–H groups in total. The second kappa shape index (κ2) is 7.00. The standard InChI is InChI=1S/C18H23N5OS/c1-6-7-22-12(3)9-15(14(22)5)16(24)10-25-18-20-17-19-11(2)8-13(4)23(17)21-18/h8-9H,6-7,10H2,1-5H3. The van der Waals surface area contributed by atoms with E-state index in [4.69, 9.17) is 0 Å². The molecule has 0 aromatic carbocycles. The Morgan fingerprint density at radius 2 is 1.88 bits per heavy atom. The Labute approximate surface area is 151 Å². The van der Waals surface area contributed by atoms with Crippen molar-refractivity contribution >= 4 is 23.3 Å². The van der Waals surface area contributed by atoms with E-state index < -0.39 is 0 Å². The Bertz CT molecular complexity index is 941. The Morgan fingerprint density at radius 1 is 1.12 bits per heavy atom. The van der Waals surface area contributed by atoms with E-state index in [1.54, 1.807) is 4.52 Å². The summed E-state index contributed by atoms with van der Waals surface area (Å²) in [7, 11) is 0. The van der Waals surface area contributed by atoms with Crippen molar-refractivity contribution in [2.75, 3.05) is 5.75 Å². The van der Waals surface area contributed by atoms with E-state index in [2.05, 4.69) is 26.6 Å². The van der Waals surface area contributed by atoms with Crippen molar-refractivity contribution in [3.8, 4) is 0 Å². The van der Waals surface area contributed by atoms with E-state index in [1.165, 1.54) is 11.8 Å². The smallest absolute Gasteiger partial charge is 0.253 e. The van der Waals surface area contributed by atoms with Crippen molar-refractivity contribution in [3.05, 3.63) is 40.5 Å². The summed E-state index contributed by atoms with van der Waals surface area (Å²) in [6.45, 7) is 11.1. The molecule has 0 atom stereocenters. The SMILES string of the molecule is CCCn1c(C)cc(C(=O)CSc2nc3nc(C)cc(C)n3n2)c1C. The first-order valence-corrected chi connectivity index (χ1v) is 9.43. The van der Waals surface area contributed by atoms with Crippen LogP contribution in [0.4, 0.5) is 0 Å². The summed E-state index contributed by atoms with van der Waals surface area (Å²) < 4.78 is 3.92. The van der Waals surface area contributed by atoms with Crippen molar-refractivity contribution < 1.29 is 4.79 Å². The van der Waals surface area contributed by atoms with E-state index in [0.29, 0.717) is 16.7 Å². The van der Waals surface area contributed by atoms with Crippen LogP contribution >= 0.6 is 11.8 Å². The van der Waals surface area contributed by atoms with E-state index >= 15 is 0 Å². The van der Waals surface area contributed by atoms with Crippen LogP contribution in [0.2, 0.25) is 0 Å². The van der Waals surface area contributed by atoms with Gasteiger partial charge in [0, 0.05) is 34.9 Å². The molecule has 3 heterocycles. The summed E-state index contributed by atoms with van der Waals surface area (Å²) in [6, 6.07) is 3.95. The van der Waals surface area contributed by atoms with Gasteiger partial charge in [-0.15, -0.1) is 5.10 Å². The van der Waals surface area contributed by atoms with E-state index in [1.807, 2.05) is 39.8 Å². The molecule has 0 saturated carbocycles. The molecule has 6 nitrogen and oxygen atoms in total. The van der Waals surface area contributed by atoms with Crippen molar-refractivity contribution in [3.63, 3.8) is 0 Å². The molecular weight excluding hydrogens is 334 g/mol. The van der Waals surface area contributed by atoms with Gasteiger partial charge in [0.25, 0.3) is 5.78 Å². The van der Waals surface area contributed by atoms with Crippen LogP contribution < -0.4 is 0 Å². The van der Waals surface area contributed by atoms with Crippen molar-refractivity contribution in [1.82, 2.24) is 24.1 Å². The molecule has 0 bridgehead atoms. The minimum Gasteiger partial charge on any atom is -0.348 e. The predicted molar refractivity (Wildman–Crippen MR) is 99.5 cm³/mol. The molecule has 0 aliphatic carbocycles. The van der Waals surface area contributed by atoms with Crippen LogP contribution in [-0.4, -0.2) is 35.7 Å². The Morgan fingerprint density at radius 3 is 2.60 bits per heavy atom. The number of thioether (sulfide) groups is 1. The molecule has 0 spiro atoms. The maximum atomic E-state index is 12.6. The normalized spacial score (nSPS) is 11.4. The molecular formula is C18H23N5OS. The van der Waals surface area contributed by atoms with Gasteiger partial charge in [-0.05, 0) is 46.2 Å². The lowest BCUT2D eigenvalue weighted by Crippen LogP contribution is -2.06. The second-order valence-corrected chi connectivity index (χ2v) is 7.24. The highest BCUT2D eigenvalue weighted by Gasteiger charge is 2.17. The molecule has 132 valence electrons. The molecule has 7 heteroatoms. The average molecular weight is 357 g/mol. The van der Waals surface area contributed by atoms with Gasteiger partial charge in [-0.25, -0.2) is 9.50 Å². The van der Waals surface area contributed by atoms with Crippen LogP contribution in [0.1, 0.15) is 46.5 Å². The zero-order chi connectivity index (χ0) is 18.1. The summed E-state index contributed by atoms with van der Waals surface area (Å²) in [5.41, 5.74) is 4.87. The zero-order valence-electron chi connectivity index (χ0n) is 15.3. The number of rotatable bonds is 6. The fourth-order valence-electron chi connectivity index (χ4n) is 3.07. The van der Waals surface area contributed by atoms with Gasteiger partial charge in [-0.2, -0.15) is 4.98 Å². The maximum Gasteiger partial charge on any atom is 0.253 e. The fraction of sp³-hybridized carbons (Fsp3) is 0.444. The molecule has 0 aliphatic rings. The highest BCUT2D eigenvalue weighted by atomic mass is 32.2. The van der Waals surface area contributed by atoms with Crippen LogP contribution in [0.25, 0.3) is 5.78 Å². The van der Waals surface area contributed by atoms with E-state index in [9.17, 15) is 4.79 Å². The van der Waals surface area contributed by atoms with Gasteiger partial charge < -0.3 is 4.57 Å². The van der Waals surface area contributed by atoms with Gasteiger partial charge in [0.1, 0.15) is 0 Å². The highest BCUT2D eigenvalue weighted by Crippen LogP contribution is 2.21. The summed E-state index contributed by atoms with van der Waals surface area (Å²) in [4.78, 5) is 21.4. The first kappa shape index (κ1) is 17.7. The van der Waals surface area contributed by atoms with Crippen LogP contribution in [-0.2, 0) is 6.54 Å². The quantitative estimate of drug-likeness (QED) is 0.499. The Hall–Kier alpha value is -2.15. The Balaban J connectivity index is 1.77. The molecule has 0 amide bonds. The first-order valence-electron chi connectivity index (χ1n) is 8.44. The number of carbonyl (C=O) groups excluding carboxylic acids is 1. The van der Waals surface area contributed by atoms with E-state index in [0.717, 1.165) is 41.3 Å². The molecule has 3 aromatic rings. The minimum atomic E-state index is 0.111. The number of hydrogen-bond acceptors (Lipinski definition) is 5. The second-order valence-electron chi connectivity index (χ2n) is 6.29. The van der Waals surface area contributed by atoms with Gasteiger partial charge >= 0.3 is 0 Å². The molecule has 0 aliphatic heterocycles. The van der Waals surface area contributed by atoms with Crippen LogP contribution in [0, 0.1) is 27.7 Å². The van der Waals surface area contributed by atoms with Crippen molar-refractivity contribution in [2.45, 2.75) is 52.7 Å². The lowest BCUT2D eigenvalue weighted by molar-refractivity contribution is 0.102. The third kappa shape index (κ3) is 3.46. The molecule has 25 heavy (non-hydrogen) atoms. The van der Waals surface area contributed by atoms with Crippen molar-refractivity contribution in [1.29, 1.82) is 0 Å². The number of nitrogens with zero attached hydrogens (tertiary/aromatic N) is 5. The molecule has 0 radical (unpaired) electrons. The lowest BCUT2D eigenvalue weighted by Gasteiger charge is -2.07. The van der Waals surface area contributed by atoms with Crippen LogP contribution in [0.3, 0.4) is 0 Å². The van der Waals surface area contributed by atoms with Gasteiger partial charge in [0.15, 0.2) is 5.78 Å². The first-order chi connectivity index (χ1) is 11.9. The number of carbonyl (C=O) groups is 1. The van der Waals surface area contributed by atoms with Gasteiger partial charge in [-0.1, -0.05) is 18.7 Å². The number of hydrogen-bond donors (Lipinski definition) is 0. The Kier molecular flexibility index (Phi) is 4.94. The van der Waals surface area contributed by atoms with Crippen molar-refractivity contribution in [2.24, 2.45) is 0 Å². The number of aromatic nitrogens is 5. The lowest BCUT2D eigenvalue weighted by atomic mass is 10.2. The summed E-state index contributed by atoms with van der Waals surface area (Å²) in [5, 5.41) is 5.02. The summed E-state index contributed by atoms with van der Waals surface area (Å²) in [5.74, 6) is 1.01. The fourth-order valence-corrected chi connectivity index (χ4v) is 3.77. The molecule has 0 unspecified atom stereocenters. The number of aryl methyl sites for hydroxylation is 3. The minimum absolute atomic E-state index is 0.111. The monoisotopic (exact) mass is 357 g/mol. The van der Waals surface area contributed by atoms with Gasteiger partial charge in [0.2, 0.25) is 5.16 Å². The molecule has 3 aromatic heterocycles. The highest BCUT2D eigenvalue weighted by molar-refractivity contribution is 7.99. The molecule has 0 fully saturated rings. The van der Waals surface area contributed by atoms with Crippen LogP contribution in [0.15, 0.2) is 17.3 Å². The third-order valence-corrected chi connectivity index (χ3v) is 5.09. The molecule has 3 rings (SSSR count). The zero-order valence-corrected chi connectivity index (χ0v) is 16.1. The van der Waals surface area contributed by atoms with Gasteiger partial charge in [0.05, 0.1) is 5.75 Å². The number of Topliss-reactive ketones (excluding diaryl/α,β-unsaturated/α-hetero) is 1. The topological polar surface area (TPSA) is 65.1 Å². The maximum absolute atomic E-state index is 12.6. The van der Waals surface area contributed by atoms with Crippen LogP contribution in [0.5, 0.6) is 0 Å². The van der Waals surface area contributed by atoms with Gasteiger partial charge in [-0.3, -0.25) is 4.79 Å². The number of ketones is 1. The predicted octanol–water partition coefficient (Wildman–Crippen LogP) is 3.54. The van der Waals surface area contributed by atoms with E-state index in [-0.39, 0.29) is 5.78 Å². The summed E-state index contributed by atoms with van der Waals surface area (Å²) in [6.07, 6.45) is 1.05. The summed E-state index contributed by atoms with van der Waals surface area (Å²) >= 11 is 1.36. The number of fused-ring (bicyclic) bond motifs is 1. The largest absolute Gasteiger partial charge is 0.348 e. The average Bonchev–Trinajstić information content (AvgIpc) is 3.09. The molecule has 0 saturated heterocycles. The third-order valence-electron chi connectivity index (χ3n) is 4.25.